The number of anilines is 1. The highest BCUT2D eigenvalue weighted by atomic mass is 16.5. The third-order valence-corrected chi connectivity index (χ3v) is 3.33. The number of nitrogens with zero attached hydrogens (tertiary/aromatic N) is 1. The van der Waals surface area contributed by atoms with Gasteiger partial charge in [0, 0.05) is 13.6 Å². The van der Waals surface area contributed by atoms with Gasteiger partial charge >= 0.3 is 0 Å². The van der Waals surface area contributed by atoms with Gasteiger partial charge in [0.1, 0.15) is 5.75 Å². The molecular weight excluding hydrogens is 256 g/mol. The summed E-state index contributed by atoms with van der Waals surface area (Å²) in [6, 6.07) is 7.33. The van der Waals surface area contributed by atoms with Crippen molar-refractivity contribution in [2.24, 2.45) is 0 Å². The number of ether oxygens (including phenoxy) is 1. The SMILES string of the molecule is CCCCNC(=O)CC1Oc2ccccc2N(C)C1=O. The molecule has 20 heavy (non-hydrogen) atoms. The van der Waals surface area contributed by atoms with Gasteiger partial charge in [0.2, 0.25) is 5.91 Å². The van der Waals surface area contributed by atoms with Crippen LogP contribution in [0.5, 0.6) is 5.75 Å². The molecule has 2 rings (SSSR count). The quantitative estimate of drug-likeness (QED) is 0.833. The Bertz CT molecular complexity index is 502. The second-order valence-electron chi connectivity index (χ2n) is 4.88. The van der Waals surface area contributed by atoms with Gasteiger partial charge in [-0.15, -0.1) is 0 Å². The third-order valence-electron chi connectivity index (χ3n) is 3.33. The second-order valence-corrected chi connectivity index (χ2v) is 4.88. The maximum Gasteiger partial charge on any atom is 0.268 e. The van der Waals surface area contributed by atoms with Crippen LogP contribution in [0.15, 0.2) is 24.3 Å². The van der Waals surface area contributed by atoms with Crippen LogP contribution in [-0.4, -0.2) is 31.5 Å². The fourth-order valence-corrected chi connectivity index (χ4v) is 2.15. The van der Waals surface area contributed by atoms with Crippen molar-refractivity contribution >= 4 is 17.5 Å². The minimum atomic E-state index is -0.739. The summed E-state index contributed by atoms with van der Waals surface area (Å²) in [5, 5.41) is 2.80. The minimum absolute atomic E-state index is 0.0568. The van der Waals surface area contributed by atoms with Crippen LogP contribution in [-0.2, 0) is 9.59 Å². The highest BCUT2D eigenvalue weighted by Crippen LogP contribution is 2.33. The van der Waals surface area contributed by atoms with Gasteiger partial charge in [-0.1, -0.05) is 25.5 Å². The lowest BCUT2D eigenvalue weighted by atomic mass is 10.1. The number of fused-ring (bicyclic) bond motifs is 1. The number of amides is 2. The Balaban J connectivity index is 2.00. The first kappa shape index (κ1) is 14.4. The Morgan fingerprint density at radius 1 is 1.40 bits per heavy atom. The van der Waals surface area contributed by atoms with E-state index in [1.54, 1.807) is 18.0 Å². The summed E-state index contributed by atoms with van der Waals surface area (Å²) in [5.74, 6) is 0.305. The van der Waals surface area contributed by atoms with E-state index in [2.05, 4.69) is 12.2 Å². The van der Waals surface area contributed by atoms with Crippen molar-refractivity contribution in [1.82, 2.24) is 5.32 Å². The predicted molar refractivity (Wildman–Crippen MR) is 76.8 cm³/mol. The molecule has 0 radical (unpaired) electrons. The van der Waals surface area contributed by atoms with Gasteiger partial charge in [-0.05, 0) is 18.6 Å². The second kappa shape index (κ2) is 6.41. The fourth-order valence-electron chi connectivity index (χ4n) is 2.15. The van der Waals surface area contributed by atoms with Crippen molar-refractivity contribution in [3.8, 4) is 5.75 Å². The van der Waals surface area contributed by atoms with Crippen LogP contribution < -0.4 is 15.0 Å². The van der Waals surface area contributed by atoms with Crippen LogP contribution in [0.25, 0.3) is 0 Å². The maximum atomic E-state index is 12.2. The van der Waals surface area contributed by atoms with Crippen LogP contribution in [0, 0.1) is 0 Å². The number of carbonyl (C=O) groups excluding carboxylic acids is 2. The van der Waals surface area contributed by atoms with Crippen molar-refractivity contribution in [2.45, 2.75) is 32.3 Å². The Labute approximate surface area is 118 Å². The maximum absolute atomic E-state index is 12.2. The first-order valence-electron chi connectivity index (χ1n) is 6.93. The standard InChI is InChI=1S/C15H20N2O3/c1-3-4-9-16-14(18)10-13-15(19)17(2)11-7-5-6-8-12(11)20-13/h5-8,13H,3-4,9-10H2,1-2H3,(H,16,18). The van der Waals surface area contributed by atoms with Gasteiger partial charge in [-0.25, -0.2) is 0 Å². The van der Waals surface area contributed by atoms with E-state index in [0.717, 1.165) is 18.5 Å². The first-order valence-corrected chi connectivity index (χ1v) is 6.93. The molecule has 2 amide bonds. The number of rotatable bonds is 5. The van der Waals surface area contributed by atoms with Crippen LogP contribution in [0.2, 0.25) is 0 Å². The molecule has 108 valence electrons. The topological polar surface area (TPSA) is 58.6 Å². The largest absolute Gasteiger partial charge is 0.478 e. The highest BCUT2D eigenvalue weighted by Gasteiger charge is 2.33. The number of nitrogens with one attached hydrogen (secondary N) is 1. The van der Waals surface area contributed by atoms with E-state index in [1.807, 2.05) is 18.2 Å². The lowest BCUT2D eigenvalue weighted by Crippen LogP contribution is -2.46. The number of carbonyl (C=O) groups is 2. The van der Waals surface area contributed by atoms with Crippen LogP contribution in [0.1, 0.15) is 26.2 Å². The highest BCUT2D eigenvalue weighted by molar-refractivity contribution is 6.01. The Kier molecular flexibility index (Phi) is 4.61. The summed E-state index contributed by atoms with van der Waals surface area (Å²) in [6.07, 6.45) is 1.28. The smallest absolute Gasteiger partial charge is 0.268 e. The minimum Gasteiger partial charge on any atom is -0.478 e. The predicted octanol–water partition coefficient (Wildman–Crippen LogP) is 1.72. The van der Waals surface area contributed by atoms with E-state index >= 15 is 0 Å². The molecule has 1 aromatic carbocycles. The van der Waals surface area contributed by atoms with Gasteiger partial charge in [0.05, 0.1) is 12.1 Å². The number of hydrogen-bond acceptors (Lipinski definition) is 3. The van der Waals surface area contributed by atoms with Gasteiger partial charge in [0.15, 0.2) is 6.10 Å². The van der Waals surface area contributed by atoms with Gasteiger partial charge in [-0.3, -0.25) is 9.59 Å². The molecule has 0 fully saturated rings. The lowest BCUT2D eigenvalue weighted by molar-refractivity contribution is -0.132. The molecule has 0 aliphatic carbocycles. The summed E-state index contributed by atoms with van der Waals surface area (Å²) in [5.41, 5.74) is 0.736. The van der Waals surface area contributed by atoms with E-state index in [-0.39, 0.29) is 18.2 Å². The van der Waals surface area contributed by atoms with Gasteiger partial charge < -0.3 is 15.0 Å². The lowest BCUT2D eigenvalue weighted by Gasteiger charge is -2.31. The van der Waals surface area contributed by atoms with Crippen molar-refractivity contribution in [3.63, 3.8) is 0 Å². The number of hydrogen-bond donors (Lipinski definition) is 1. The van der Waals surface area contributed by atoms with Crippen LogP contribution >= 0.6 is 0 Å². The van der Waals surface area contributed by atoms with Crippen molar-refractivity contribution in [2.75, 3.05) is 18.5 Å². The Morgan fingerprint density at radius 3 is 2.90 bits per heavy atom. The molecule has 1 N–H and O–H groups in total. The molecule has 0 saturated heterocycles. The van der Waals surface area contributed by atoms with E-state index < -0.39 is 6.10 Å². The van der Waals surface area contributed by atoms with Crippen LogP contribution in [0.4, 0.5) is 5.69 Å². The average Bonchev–Trinajstić information content (AvgIpc) is 2.45. The number of benzene rings is 1. The molecular formula is C15H20N2O3. The molecule has 1 unspecified atom stereocenters. The van der Waals surface area contributed by atoms with E-state index in [0.29, 0.717) is 12.3 Å². The molecule has 0 spiro atoms. The Morgan fingerprint density at radius 2 is 2.15 bits per heavy atom. The molecule has 5 heteroatoms. The monoisotopic (exact) mass is 276 g/mol. The van der Waals surface area contributed by atoms with E-state index in [1.165, 1.54) is 0 Å². The number of unbranched alkanes of at least 4 members (excludes halogenated alkanes) is 1. The zero-order chi connectivity index (χ0) is 14.5. The van der Waals surface area contributed by atoms with Crippen molar-refractivity contribution in [1.29, 1.82) is 0 Å². The van der Waals surface area contributed by atoms with Crippen molar-refractivity contribution in [3.05, 3.63) is 24.3 Å². The normalized spacial score (nSPS) is 17.4. The first-order chi connectivity index (χ1) is 9.63. The summed E-state index contributed by atoms with van der Waals surface area (Å²) < 4.78 is 5.64. The average molecular weight is 276 g/mol. The zero-order valence-corrected chi connectivity index (χ0v) is 11.9. The molecule has 1 aliphatic rings. The third kappa shape index (κ3) is 3.10. The summed E-state index contributed by atoms with van der Waals surface area (Å²) in [4.78, 5) is 25.5. The molecule has 1 aliphatic heterocycles. The molecule has 0 saturated carbocycles. The molecule has 0 aromatic heterocycles. The van der Waals surface area contributed by atoms with E-state index in [4.69, 9.17) is 4.74 Å². The molecule has 1 heterocycles. The van der Waals surface area contributed by atoms with Crippen molar-refractivity contribution < 1.29 is 14.3 Å². The number of likely N-dealkylation sites (N-methyl/N-ethyl adjacent to an activating group) is 1. The molecule has 0 bridgehead atoms. The Hall–Kier alpha value is -2.04. The summed E-state index contributed by atoms with van der Waals surface area (Å²) in [6.45, 7) is 2.70. The molecule has 1 aromatic rings. The van der Waals surface area contributed by atoms with Gasteiger partial charge in [0.25, 0.3) is 5.91 Å². The summed E-state index contributed by atoms with van der Waals surface area (Å²) >= 11 is 0. The number of para-hydroxylation sites is 2. The molecule has 5 nitrogen and oxygen atoms in total. The van der Waals surface area contributed by atoms with E-state index in [9.17, 15) is 9.59 Å². The van der Waals surface area contributed by atoms with Gasteiger partial charge in [-0.2, -0.15) is 0 Å². The summed E-state index contributed by atoms with van der Waals surface area (Å²) in [7, 11) is 1.70. The zero-order valence-electron chi connectivity index (χ0n) is 11.9. The van der Waals surface area contributed by atoms with Crippen LogP contribution in [0.3, 0.4) is 0 Å². The molecule has 1 atom stereocenters. The fraction of sp³-hybridized carbons (Fsp3) is 0.467.